The normalized spacial score (nSPS) is 19.6. The third kappa shape index (κ3) is 5.34. The quantitative estimate of drug-likeness (QED) is 0.876. The fraction of sp³-hybridized carbons (Fsp3) is 0.611. The lowest BCUT2D eigenvalue weighted by molar-refractivity contribution is -0.138. The zero-order valence-electron chi connectivity index (χ0n) is 13.7. The minimum Gasteiger partial charge on any atom is -0.492 e. The standard InChI is InChI=1S/C18H27NO3/c1-14-5-6-15(2)17(12-14)22-11-10-19-8-3-4-16(7-9-19)13-18(20)21/h5-6,12,16H,3-4,7-11,13H2,1-2H3,(H,20,21). The van der Waals surface area contributed by atoms with Gasteiger partial charge in [-0.1, -0.05) is 12.1 Å². The summed E-state index contributed by atoms with van der Waals surface area (Å²) in [7, 11) is 0. The molecule has 122 valence electrons. The Labute approximate surface area is 133 Å². The molecule has 4 nitrogen and oxygen atoms in total. The van der Waals surface area contributed by atoms with E-state index in [9.17, 15) is 4.79 Å². The van der Waals surface area contributed by atoms with Crippen molar-refractivity contribution in [2.75, 3.05) is 26.2 Å². The average Bonchev–Trinajstić information content (AvgIpc) is 2.68. The first kappa shape index (κ1) is 16.8. The van der Waals surface area contributed by atoms with Gasteiger partial charge in [-0.25, -0.2) is 0 Å². The Kier molecular flexibility index (Phi) is 6.25. The molecule has 1 fully saturated rings. The van der Waals surface area contributed by atoms with Gasteiger partial charge in [-0.2, -0.15) is 0 Å². The largest absolute Gasteiger partial charge is 0.492 e. The molecule has 0 bridgehead atoms. The number of likely N-dealkylation sites (tertiary alicyclic amines) is 1. The smallest absolute Gasteiger partial charge is 0.303 e. The molecule has 1 saturated heterocycles. The van der Waals surface area contributed by atoms with Crippen LogP contribution in [0.1, 0.15) is 36.8 Å². The van der Waals surface area contributed by atoms with Crippen LogP contribution < -0.4 is 4.74 Å². The number of carbonyl (C=O) groups is 1. The van der Waals surface area contributed by atoms with Crippen molar-refractivity contribution in [2.24, 2.45) is 5.92 Å². The molecular formula is C18H27NO3. The summed E-state index contributed by atoms with van der Waals surface area (Å²) in [6.07, 6.45) is 3.41. The van der Waals surface area contributed by atoms with Crippen LogP contribution in [-0.4, -0.2) is 42.2 Å². The second-order valence-corrected chi connectivity index (χ2v) is 6.35. The number of aliphatic carboxylic acids is 1. The van der Waals surface area contributed by atoms with E-state index in [0.717, 1.165) is 44.6 Å². The van der Waals surface area contributed by atoms with Crippen LogP contribution in [0.4, 0.5) is 0 Å². The van der Waals surface area contributed by atoms with Crippen molar-refractivity contribution in [1.29, 1.82) is 0 Å². The fourth-order valence-electron chi connectivity index (χ4n) is 3.05. The number of carboxylic acid groups (broad SMARTS) is 1. The Hall–Kier alpha value is -1.55. The van der Waals surface area contributed by atoms with E-state index in [-0.39, 0.29) is 0 Å². The van der Waals surface area contributed by atoms with Crippen LogP contribution >= 0.6 is 0 Å². The number of nitrogens with zero attached hydrogens (tertiary/aromatic N) is 1. The van der Waals surface area contributed by atoms with Gasteiger partial charge in [-0.15, -0.1) is 0 Å². The van der Waals surface area contributed by atoms with Gasteiger partial charge in [-0.3, -0.25) is 9.69 Å². The van der Waals surface area contributed by atoms with Gasteiger partial charge in [0.2, 0.25) is 0 Å². The van der Waals surface area contributed by atoms with Gasteiger partial charge in [0, 0.05) is 13.0 Å². The predicted octanol–water partition coefficient (Wildman–Crippen LogP) is 3.26. The highest BCUT2D eigenvalue weighted by Crippen LogP contribution is 2.21. The first-order chi connectivity index (χ1) is 10.5. The first-order valence-electron chi connectivity index (χ1n) is 8.19. The summed E-state index contributed by atoms with van der Waals surface area (Å²) < 4.78 is 5.92. The van der Waals surface area contributed by atoms with E-state index in [1.165, 1.54) is 11.1 Å². The Bertz CT molecular complexity index is 501. The van der Waals surface area contributed by atoms with Crippen LogP contribution in [0.2, 0.25) is 0 Å². The van der Waals surface area contributed by atoms with E-state index in [1.807, 2.05) is 0 Å². The number of rotatable bonds is 6. The predicted molar refractivity (Wildman–Crippen MR) is 87.4 cm³/mol. The molecule has 1 heterocycles. The van der Waals surface area contributed by atoms with Crippen molar-refractivity contribution in [3.8, 4) is 5.75 Å². The summed E-state index contributed by atoms with van der Waals surface area (Å²) in [6, 6.07) is 6.27. The summed E-state index contributed by atoms with van der Waals surface area (Å²) in [5.74, 6) is 0.637. The van der Waals surface area contributed by atoms with Gasteiger partial charge in [0.1, 0.15) is 12.4 Å². The number of hydrogen-bond acceptors (Lipinski definition) is 3. The lowest BCUT2D eigenvalue weighted by Crippen LogP contribution is -2.29. The summed E-state index contributed by atoms with van der Waals surface area (Å²) in [4.78, 5) is 13.2. The molecule has 1 atom stereocenters. The maximum Gasteiger partial charge on any atom is 0.303 e. The van der Waals surface area contributed by atoms with Gasteiger partial charge >= 0.3 is 5.97 Å². The maximum absolute atomic E-state index is 10.8. The Balaban J connectivity index is 1.75. The van der Waals surface area contributed by atoms with Crippen LogP contribution in [-0.2, 0) is 4.79 Å². The van der Waals surface area contributed by atoms with Gasteiger partial charge in [0.25, 0.3) is 0 Å². The molecule has 1 N–H and O–H groups in total. The van der Waals surface area contributed by atoms with Gasteiger partial charge in [0.15, 0.2) is 0 Å². The molecule has 0 saturated carbocycles. The molecule has 2 rings (SSSR count). The van der Waals surface area contributed by atoms with E-state index in [2.05, 4.69) is 36.9 Å². The lowest BCUT2D eigenvalue weighted by Gasteiger charge is -2.20. The molecule has 0 radical (unpaired) electrons. The Morgan fingerprint density at radius 2 is 2.14 bits per heavy atom. The van der Waals surface area contributed by atoms with E-state index < -0.39 is 5.97 Å². The molecule has 1 unspecified atom stereocenters. The van der Waals surface area contributed by atoms with Crippen molar-refractivity contribution >= 4 is 5.97 Å². The van der Waals surface area contributed by atoms with Crippen molar-refractivity contribution in [1.82, 2.24) is 4.90 Å². The van der Waals surface area contributed by atoms with E-state index in [0.29, 0.717) is 18.9 Å². The average molecular weight is 305 g/mol. The van der Waals surface area contributed by atoms with Crippen LogP contribution in [0.25, 0.3) is 0 Å². The minimum atomic E-state index is -0.670. The highest BCUT2D eigenvalue weighted by Gasteiger charge is 2.19. The number of hydrogen-bond donors (Lipinski definition) is 1. The lowest BCUT2D eigenvalue weighted by atomic mass is 9.97. The fourth-order valence-corrected chi connectivity index (χ4v) is 3.05. The van der Waals surface area contributed by atoms with Crippen molar-refractivity contribution in [3.63, 3.8) is 0 Å². The summed E-state index contributed by atoms with van der Waals surface area (Å²) in [6.45, 7) is 7.77. The zero-order chi connectivity index (χ0) is 15.9. The summed E-state index contributed by atoms with van der Waals surface area (Å²) in [5.41, 5.74) is 2.38. The topological polar surface area (TPSA) is 49.8 Å². The third-order valence-corrected chi connectivity index (χ3v) is 4.41. The first-order valence-corrected chi connectivity index (χ1v) is 8.19. The van der Waals surface area contributed by atoms with Crippen molar-refractivity contribution in [3.05, 3.63) is 29.3 Å². The Morgan fingerprint density at radius 3 is 2.91 bits per heavy atom. The van der Waals surface area contributed by atoms with E-state index >= 15 is 0 Å². The number of benzene rings is 1. The van der Waals surface area contributed by atoms with Crippen LogP contribution in [0.5, 0.6) is 5.75 Å². The van der Waals surface area contributed by atoms with Crippen molar-refractivity contribution < 1.29 is 14.6 Å². The molecule has 1 aromatic rings. The van der Waals surface area contributed by atoms with Crippen LogP contribution in [0.3, 0.4) is 0 Å². The molecule has 0 amide bonds. The summed E-state index contributed by atoms with van der Waals surface area (Å²) >= 11 is 0. The second-order valence-electron chi connectivity index (χ2n) is 6.35. The second kappa shape index (κ2) is 8.18. The molecular weight excluding hydrogens is 278 g/mol. The molecule has 0 spiro atoms. The van der Waals surface area contributed by atoms with Crippen LogP contribution in [0, 0.1) is 19.8 Å². The zero-order valence-corrected chi connectivity index (χ0v) is 13.7. The monoisotopic (exact) mass is 305 g/mol. The molecule has 0 aromatic heterocycles. The molecule has 1 aliphatic rings. The van der Waals surface area contributed by atoms with Gasteiger partial charge < -0.3 is 9.84 Å². The SMILES string of the molecule is Cc1ccc(C)c(OCCN2CCCC(CC(=O)O)CC2)c1. The molecule has 0 aliphatic carbocycles. The highest BCUT2D eigenvalue weighted by atomic mass is 16.5. The van der Waals surface area contributed by atoms with Crippen LogP contribution in [0.15, 0.2) is 18.2 Å². The minimum absolute atomic E-state index is 0.312. The molecule has 1 aromatic carbocycles. The van der Waals surface area contributed by atoms with E-state index in [1.54, 1.807) is 0 Å². The van der Waals surface area contributed by atoms with Gasteiger partial charge in [0.05, 0.1) is 0 Å². The third-order valence-electron chi connectivity index (χ3n) is 4.41. The highest BCUT2D eigenvalue weighted by molar-refractivity contribution is 5.67. The maximum atomic E-state index is 10.8. The number of ether oxygens (including phenoxy) is 1. The molecule has 22 heavy (non-hydrogen) atoms. The number of carboxylic acids is 1. The molecule has 1 aliphatic heterocycles. The Morgan fingerprint density at radius 1 is 1.32 bits per heavy atom. The van der Waals surface area contributed by atoms with E-state index in [4.69, 9.17) is 9.84 Å². The van der Waals surface area contributed by atoms with Crippen molar-refractivity contribution in [2.45, 2.75) is 39.5 Å². The molecule has 4 heteroatoms. The summed E-state index contributed by atoms with van der Waals surface area (Å²) in [5, 5.41) is 8.91. The van der Waals surface area contributed by atoms with Gasteiger partial charge in [-0.05, 0) is 69.3 Å². The number of aryl methyl sites for hydroxylation is 2.